The fourth-order valence-electron chi connectivity index (χ4n) is 2.68. The first kappa shape index (κ1) is 15.2. The quantitative estimate of drug-likeness (QED) is 0.786. The van der Waals surface area contributed by atoms with Gasteiger partial charge in [-0.15, -0.1) is 10.2 Å². The van der Waals surface area contributed by atoms with Crippen LogP contribution in [0.1, 0.15) is 6.92 Å². The van der Waals surface area contributed by atoms with Gasteiger partial charge in [-0.05, 0) is 36.4 Å². The van der Waals surface area contributed by atoms with Gasteiger partial charge in [0, 0.05) is 17.3 Å². The van der Waals surface area contributed by atoms with E-state index < -0.39 is 11.9 Å². The number of nitrogens with one attached hydrogen (secondary N) is 1. The van der Waals surface area contributed by atoms with Gasteiger partial charge in [0.25, 0.3) is 0 Å². The number of carbonyl (C=O) groups is 1. The Kier molecular flexibility index (Phi) is 3.60. The number of nitrogens with zero attached hydrogens (tertiary/aromatic N) is 5. The molecule has 1 atom stereocenters. The van der Waals surface area contributed by atoms with E-state index in [1.807, 2.05) is 0 Å². The number of hydrogen-bond donors (Lipinski definition) is 1. The van der Waals surface area contributed by atoms with Crippen LogP contribution in [0.2, 0.25) is 0 Å². The van der Waals surface area contributed by atoms with Gasteiger partial charge in [0.2, 0.25) is 5.82 Å². The van der Waals surface area contributed by atoms with E-state index in [0.717, 1.165) is 0 Å². The van der Waals surface area contributed by atoms with Gasteiger partial charge >= 0.3 is 6.09 Å². The van der Waals surface area contributed by atoms with E-state index in [0.29, 0.717) is 34.9 Å². The lowest BCUT2D eigenvalue weighted by Gasteiger charge is -2.14. The smallest absolute Gasteiger partial charge is 0.414 e. The molecule has 1 aliphatic rings. The molecule has 2 aromatic heterocycles. The molecule has 0 unspecified atom stereocenters. The number of carbonyl (C=O) groups excluding carboxylic acids is 1. The predicted octanol–water partition coefficient (Wildman–Crippen LogP) is 2.41. The van der Waals surface area contributed by atoms with E-state index in [2.05, 4.69) is 25.6 Å². The monoisotopic (exact) mass is 340 g/mol. The third kappa shape index (κ3) is 2.80. The molecule has 126 valence electrons. The minimum atomic E-state index is -0.467. The summed E-state index contributed by atoms with van der Waals surface area (Å²) in [6, 6.07) is 8.04. The second kappa shape index (κ2) is 5.93. The molecule has 9 heteroatoms. The van der Waals surface area contributed by atoms with E-state index in [9.17, 15) is 9.18 Å². The van der Waals surface area contributed by atoms with Crippen LogP contribution in [0, 0.1) is 5.82 Å². The fraction of sp³-hybridized carbons (Fsp3) is 0.188. The number of amides is 1. The zero-order valence-electron chi connectivity index (χ0n) is 13.2. The maximum atomic E-state index is 14.5. The molecule has 0 saturated carbocycles. The standard InChI is InChI=1S/C16H13FN6O2/c1-9-8-23(16(24)25-9)11-3-4-12(13(17)6-11)10-2-5-14(18-7-10)15-19-21-22-20-15/h2-7,9H,8H2,1H3,(H,19,20,21,22)/t9-/m1/s1. The Balaban J connectivity index is 1.62. The molecule has 0 spiro atoms. The van der Waals surface area contributed by atoms with Crippen molar-refractivity contribution in [3.63, 3.8) is 0 Å². The summed E-state index contributed by atoms with van der Waals surface area (Å²) >= 11 is 0. The highest BCUT2D eigenvalue weighted by Gasteiger charge is 2.29. The summed E-state index contributed by atoms with van der Waals surface area (Å²) in [6.45, 7) is 2.19. The Bertz CT molecular complexity index is 913. The summed E-state index contributed by atoms with van der Waals surface area (Å²) in [7, 11) is 0. The van der Waals surface area contributed by atoms with E-state index >= 15 is 0 Å². The first-order valence-corrected chi connectivity index (χ1v) is 7.60. The van der Waals surface area contributed by atoms with Crippen LogP contribution >= 0.6 is 0 Å². The van der Waals surface area contributed by atoms with Crippen molar-refractivity contribution < 1.29 is 13.9 Å². The second-order valence-electron chi connectivity index (χ2n) is 5.64. The first-order chi connectivity index (χ1) is 12.1. The number of hydrogen-bond acceptors (Lipinski definition) is 6. The Morgan fingerprint density at radius 2 is 2.20 bits per heavy atom. The lowest BCUT2D eigenvalue weighted by Crippen LogP contribution is -2.24. The Labute approximate surface area is 141 Å². The van der Waals surface area contributed by atoms with Crippen LogP contribution < -0.4 is 4.90 Å². The zero-order chi connectivity index (χ0) is 17.4. The molecule has 1 aliphatic heterocycles. The number of tetrazole rings is 1. The summed E-state index contributed by atoms with van der Waals surface area (Å²) in [5, 5.41) is 13.5. The predicted molar refractivity (Wildman–Crippen MR) is 86.1 cm³/mol. The van der Waals surface area contributed by atoms with Crippen LogP contribution in [0.4, 0.5) is 14.9 Å². The number of ether oxygens (including phenoxy) is 1. The molecule has 3 heterocycles. The van der Waals surface area contributed by atoms with Crippen molar-refractivity contribution >= 4 is 11.8 Å². The van der Waals surface area contributed by atoms with E-state index in [4.69, 9.17) is 4.74 Å². The molecule has 4 rings (SSSR count). The highest BCUT2D eigenvalue weighted by atomic mass is 19.1. The van der Waals surface area contributed by atoms with E-state index in [-0.39, 0.29) is 6.10 Å². The maximum Gasteiger partial charge on any atom is 0.414 e. The topological polar surface area (TPSA) is 96.9 Å². The van der Waals surface area contributed by atoms with Gasteiger partial charge in [-0.2, -0.15) is 5.21 Å². The van der Waals surface area contributed by atoms with Crippen molar-refractivity contribution in [1.29, 1.82) is 0 Å². The molecule has 1 amide bonds. The van der Waals surface area contributed by atoms with Crippen LogP contribution in [-0.4, -0.2) is 44.4 Å². The molecule has 1 aromatic carbocycles. The van der Waals surface area contributed by atoms with Crippen LogP contribution in [0.25, 0.3) is 22.6 Å². The minimum absolute atomic E-state index is 0.211. The first-order valence-electron chi connectivity index (χ1n) is 7.60. The number of H-pyrrole nitrogens is 1. The van der Waals surface area contributed by atoms with Crippen LogP contribution in [0.15, 0.2) is 36.5 Å². The summed E-state index contributed by atoms with van der Waals surface area (Å²) in [5.41, 5.74) is 1.99. The number of benzene rings is 1. The van der Waals surface area contributed by atoms with Crippen LogP contribution in [0.5, 0.6) is 0 Å². The number of aromatic nitrogens is 5. The Morgan fingerprint density at radius 3 is 2.80 bits per heavy atom. The number of halogens is 1. The third-order valence-corrected chi connectivity index (χ3v) is 3.88. The molecule has 0 aliphatic carbocycles. The number of anilines is 1. The molecule has 1 fully saturated rings. The molecule has 1 saturated heterocycles. The summed E-state index contributed by atoms with van der Waals surface area (Å²) < 4.78 is 19.6. The van der Waals surface area contributed by atoms with Crippen molar-refractivity contribution in [1.82, 2.24) is 25.6 Å². The highest BCUT2D eigenvalue weighted by Crippen LogP contribution is 2.29. The number of pyridine rings is 1. The van der Waals surface area contributed by atoms with Gasteiger partial charge in [0.05, 0.1) is 12.2 Å². The lowest BCUT2D eigenvalue weighted by atomic mass is 10.1. The molecule has 8 nitrogen and oxygen atoms in total. The number of rotatable bonds is 3. The Hall–Kier alpha value is -3.36. The average molecular weight is 340 g/mol. The molecule has 3 aromatic rings. The van der Waals surface area contributed by atoms with Crippen molar-refractivity contribution in [3.8, 4) is 22.6 Å². The Morgan fingerprint density at radius 1 is 1.32 bits per heavy atom. The summed E-state index contributed by atoms with van der Waals surface area (Å²) in [6.07, 6.45) is 0.860. The van der Waals surface area contributed by atoms with Gasteiger partial charge in [0.15, 0.2) is 0 Å². The zero-order valence-corrected chi connectivity index (χ0v) is 13.2. The molecule has 1 N–H and O–H groups in total. The third-order valence-electron chi connectivity index (χ3n) is 3.88. The van der Waals surface area contributed by atoms with E-state index in [1.54, 1.807) is 31.2 Å². The molecule has 0 radical (unpaired) electrons. The number of cyclic esters (lactones) is 1. The second-order valence-corrected chi connectivity index (χ2v) is 5.64. The van der Waals surface area contributed by atoms with Gasteiger partial charge in [-0.25, -0.2) is 9.18 Å². The van der Waals surface area contributed by atoms with Crippen LogP contribution in [-0.2, 0) is 4.74 Å². The van der Waals surface area contributed by atoms with Crippen molar-refractivity contribution in [2.24, 2.45) is 0 Å². The van der Waals surface area contributed by atoms with Gasteiger partial charge in [-0.1, -0.05) is 6.07 Å². The normalized spacial score (nSPS) is 17.0. The van der Waals surface area contributed by atoms with Gasteiger partial charge < -0.3 is 4.74 Å². The largest absolute Gasteiger partial charge is 0.444 e. The fourth-order valence-corrected chi connectivity index (χ4v) is 2.68. The van der Waals surface area contributed by atoms with Crippen molar-refractivity contribution in [3.05, 3.63) is 42.3 Å². The summed E-state index contributed by atoms with van der Waals surface area (Å²) in [5.74, 6) is -0.0806. The summed E-state index contributed by atoms with van der Waals surface area (Å²) in [4.78, 5) is 17.4. The highest BCUT2D eigenvalue weighted by molar-refractivity contribution is 5.90. The SMILES string of the molecule is C[C@@H]1CN(c2ccc(-c3ccc(-c4nn[nH]n4)nc3)c(F)c2)C(=O)O1. The van der Waals surface area contributed by atoms with Gasteiger partial charge in [-0.3, -0.25) is 9.88 Å². The minimum Gasteiger partial charge on any atom is -0.444 e. The van der Waals surface area contributed by atoms with Crippen molar-refractivity contribution in [2.75, 3.05) is 11.4 Å². The van der Waals surface area contributed by atoms with E-state index in [1.165, 1.54) is 17.2 Å². The lowest BCUT2D eigenvalue weighted by molar-refractivity contribution is 0.150. The van der Waals surface area contributed by atoms with Gasteiger partial charge in [0.1, 0.15) is 17.6 Å². The molecule has 0 bridgehead atoms. The number of aromatic amines is 1. The average Bonchev–Trinajstić information content (AvgIpc) is 3.25. The molecular weight excluding hydrogens is 327 g/mol. The van der Waals surface area contributed by atoms with Crippen LogP contribution in [0.3, 0.4) is 0 Å². The maximum absolute atomic E-state index is 14.5. The van der Waals surface area contributed by atoms with Crippen molar-refractivity contribution in [2.45, 2.75) is 13.0 Å². The molecular formula is C16H13FN6O2. The molecule has 25 heavy (non-hydrogen) atoms.